The number of benzene rings is 1. The monoisotopic (exact) mass is 292 g/mol. The van der Waals surface area contributed by atoms with Crippen LogP contribution in [-0.4, -0.2) is 39.8 Å². The molecule has 0 radical (unpaired) electrons. The van der Waals surface area contributed by atoms with Crippen LogP contribution in [-0.2, 0) is 0 Å². The van der Waals surface area contributed by atoms with Crippen LogP contribution in [0.15, 0.2) is 18.2 Å². The Bertz CT molecular complexity index is 454. The Labute approximate surface area is 127 Å². The van der Waals surface area contributed by atoms with Crippen LogP contribution in [0.5, 0.6) is 11.5 Å². The lowest BCUT2D eigenvalue weighted by Crippen LogP contribution is -2.50. The Morgan fingerprint density at radius 3 is 2.14 bits per heavy atom. The highest BCUT2D eigenvalue weighted by Crippen LogP contribution is 2.33. The number of hydrogen-bond acceptors (Lipinski definition) is 4. The van der Waals surface area contributed by atoms with Crippen molar-refractivity contribution in [2.45, 2.75) is 58.2 Å². The van der Waals surface area contributed by atoms with E-state index in [0.717, 1.165) is 25.9 Å². The number of rotatable bonds is 3. The third-order valence-electron chi connectivity index (χ3n) is 4.42. The molecular formula is C17H28N2O2. The van der Waals surface area contributed by atoms with Gasteiger partial charge in [0.15, 0.2) is 0 Å². The van der Waals surface area contributed by atoms with Gasteiger partial charge in [0.05, 0.1) is 5.56 Å². The number of likely N-dealkylation sites (tertiary alicyclic amines) is 1. The highest BCUT2D eigenvalue weighted by atomic mass is 16.3. The first-order valence-corrected chi connectivity index (χ1v) is 7.81. The Morgan fingerprint density at radius 2 is 1.67 bits per heavy atom. The number of aromatic hydroxyl groups is 2. The van der Waals surface area contributed by atoms with Gasteiger partial charge in [-0.3, -0.25) is 4.90 Å². The van der Waals surface area contributed by atoms with Gasteiger partial charge in [0.25, 0.3) is 0 Å². The summed E-state index contributed by atoms with van der Waals surface area (Å²) in [6.45, 7) is 10.9. The van der Waals surface area contributed by atoms with E-state index in [-0.39, 0.29) is 23.1 Å². The van der Waals surface area contributed by atoms with E-state index in [1.807, 2.05) is 6.92 Å². The van der Waals surface area contributed by atoms with Crippen LogP contribution in [0.25, 0.3) is 0 Å². The normalized spacial score (nSPS) is 19.6. The molecule has 21 heavy (non-hydrogen) atoms. The molecule has 1 heterocycles. The Morgan fingerprint density at radius 1 is 1.14 bits per heavy atom. The van der Waals surface area contributed by atoms with Gasteiger partial charge in [-0.25, -0.2) is 0 Å². The molecule has 1 saturated heterocycles. The van der Waals surface area contributed by atoms with Crippen LogP contribution in [0.1, 0.15) is 52.1 Å². The van der Waals surface area contributed by atoms with Crippen LogP contribution in [0, 0.1) is 0 Å². The van der Waals surface area contributed by atoms with Gasteiger partial charge >= 0.3 is 0 Å². The summed E-state index contributed by atoms with van der Waals surface area (Å²) in [5.74, 6) is 0.309. The zero-order chi connectivity index (χ0) is 15.6. The first-order valence-electron chi connectivity index (χ1n) is 7.81. The van der Waals surface area contributed by atoms with Crippen molar-refractivity contribution in [3.05, 3.63) is 23.8 Å². The molecule has 3 N–H and O–H groups in total. The zero-order valence-electron chi connectivity index (χ0n) is 13.6. The van der Waals surface area contributed by atoms with Crippen molar-refractivity contribution in [1.29, 1.82) is 0 Å². The van der Waals surface area contributed by atoms with Gasteiger partial charge in [-0.15, -0.1) is 0 Å². The van der Waals surface area contributed by atoms with Gasteiger partial charge in [0, 0.05) is 30.7 Å². The molecule has 1 atom stereocenters. The summed E-state index contributed by atoms with van der Waals surface area (Å²) < 4.78 is 0. The van der Waals surface area contributed by atoms with Gasteiger partial charge in [0.1, 0.15) is 11.5 Å². The van der Waals surface area contributed by atoms with E-state index in [1.165, 1.54) is 0 Å². The number of hydrogen-bond donors (Lipinski definition) is 3. The number of piperidine rings is 1. The molecule has 1 fully saturated rings. The fourth-order valence-corrected chi connectivity index (χ4v) is 3.14. The van der Waals surface area contributed by atoms with E-state index in [0.29, 0.717) is 11.6 Å². The summed E-state index contributed by atoms with van der Waals surface area (Å²) in [5, 5.41) is 23.4. The fraction of sp³-hybridized carbons (Fsp3) is 0.647. The lowest BCUT2D eigenvalue weighted by atomic mass is 9.96. The molecule has 1 aliphatic heterocycles. The third kappa shape index (κ3) is 3.89. The van der Waals surface area contributed by atoms with E-state index < -0.39 is 0 Å². The standard InChI is InChI=1S/C17H28N2O2/c1-12(16-14(20)6-5-7-15(16)21)18-13-8-10-19(11-9-13)17(2,3)4/h5-7,12-13,18,20-21H,8-11H2,1-4H3. The summed E-state index contributed by atoms with van der Waals surface area (Å²) in [6, 6.07) is 5.27. The van der Waals surface area contributed by atoms with Gasteiger partial charge in [-0.05, 0) is 52.7 Å². The number of nitrogens with zero attached hydrogens (tertiary/aromatic N) is 1. The highest BCUT2D eigenvalue weighted by Gasteiger charge is 2.28. The van der Waals surface area contributed by atoms with Crippen molar-refractivity contribution >= 4 is 0 Å². The molecule has 1 aliphatic rings. The maximum atomic E-state index is 9.93. The summed E-state index contributed by atoms with van der Waals surface area (Å²) in [7, 11) is 0. The maximum absolute atomic E-state index is 9.93. The van der Waals surface area contributed by atoms with Crippen LogP contribution in [0.3, 0.4) is 0 Å². The van der Waals surface area contributed by atoms with Crippen molar-refractivity contribution in [3.8, 4) is 11.5 Å². The molecule has 0 spiro atoms. The maximum Gasteiger partial charge on any atom is 0.124 e. The van der Waals surface area contributed by atoms with Crippen molar-refractivity contribution in [2.24, 2.45) is 0 Å². The van der Waals surface area contributed by atoms with Crippen molar-refractivity contribution in [1.82, 2.24) is 10.2 Å². The average Bonchev–Trinajstić information content (AvgIpc) is 2.38. The fourth-order valence-electron chi connectivity index (χ4n) is 3.14. The molecule has 1 aromatic rings. The minimum Gasteiger partial charge on any atom is -0.507 e. The molecule has 0 bridgehead atoms. The predicted molar refractivity (Wildman–Crippen MR) is 85.7 cm³/mol. The number of nitrogens with one attached hydrogen (secondary N) is 1. The van der Waals surface area contributed by atoms with Gasteiger partial charge in [0.2, 0.25) is 0 Å². The Kier molecular flexibility index (Phi) is 4.79. The Balaban J connectivity index is 1.95. The smallest absolute Gasteiger partial charge is 0.124 e. The molecule has 118 valence electrons. The summed E-state index contributed by atoms with van der Waals surface area (Å²) >= 11 is 0. The number of phenolic OH excluding ortho intramolecular Hbond substituents is 2. The Hall–Kier alpha value is -1.26. The molecule has 4 heteroatoms. The van der Waals surface area contributed by atoms with Gasteiger partial charge in [-0.2, -0.15) is 0 Å². The molecule has 0 aromatic heterocycles. The second-order valence-corrected chi connectivity index (χ2v) is 7.03. The quantitative estimate of drug-likeness (QED) is 0.801. The molecular weight excluding hydrogens is 264 g/mol. The minimum absolute atomic E-state index is 0.0580. The highest BCUT2D eigenvalue weighted by molar-refractivity contribution is 5.44. The second kappa shape index (κ2) is 6.24. The SMILES string of the molecule is CC(NC1CCN(C(C)(C)C)CC1)c1c(O)cccc1O. The first kappa shape index (κ1) is 16.1. The predicted octanol–water partition coefficient (Wildman–Crippen LogP) is 3.01. The van der Waals surface area contributed by atoms with Crippen molar-refractivity contribution in [3.63, 3.8) is 0 Å². The van der Waals surface area contributed by atoms with Crippen LogP contribution >= 0.6 is 0 Å². The molecule has 2 rings (SSSR count). The topological polar surface area (TPSA) is 55.7 Å². The van der Waals surface area contributed by atoms with E-state index >= 15 is 0 Å². The van der Waals surface area contributed by atoms with Gasteiger partial charge in [-0.1, -0.05) is 6.07 Å². The zero-order valence-corrected chi connectivity index (χ0v) is 13.6. The van der Waals surface area contributed by atoms with E-state index in [9.17, 15) is 10.2 Å². The summed E-state index contributed by atoms with van der Waals surface area (Å²) in [4.78, 5) is 2.51. The molecule has 4 nitrogen and oxygen atoms in total. The van der Waals surface area contributed by atoms with Crippen LogP contribution in [0.4, 0.5) is 0 Å². The molecule has 0 saturated carbocycles. The largest absolute Gasteiger partial charge is 0.507 e. The molecule has 0 aliphatic carbocycles. The third-order valence-corrected chi connectivity index (χ3v) is 4.42. The first-order chi connectivity index (χ1) is 9.79. The van der Waals surface area contributed by atoms with Crippen molar-refractivity contribution in [2.75, 3.05) is 13.1 Å². The van der Waals surface area contributed by atoms with Crippen LogP contribution in [0.2, 0.25) is 0 Å². The lowest BCUT2D eigenvalue weighted by Gasteiger charge is -2.41. The van der Waals surface area contributed by atoms with E-state index in [4.69, 9.17) is 0 Å². The molecule has 0 amide bonds. The van der Waals surface area contributed by atoms with Crippen LogP contribution < -0.4 is 5.32 Å². The van der Waals surface area contributed by atoms with Crippen molar-refractivity contribution < 1.29 is 10.2 Å². The number of phenols is 2. The van der Waals surface area contributed by atoms with E-state index in [2.05, 4.69) is 31.0 Å². The lowest BCUT2D eigenvalue weighted by molar-refractivity contribution is 0.0941. The molecule has 1 aromatic carbocycles. The average molecular weight is 292 g/mol. The minimum atomic E-state index is -0.0580. The summed E-state index contributed by atoms with van der Waals surface area (Å²) in [6.07, 6.45) is 2.19. The second-order valence-electron chi connectivity index (χ2n) is 7.03. The van der Waals surface area contributed by atoms with Gasteiger partial charge < -0.3 is 15.5 Å². The summed E-state index contributed by atoms with van der Waals surface area (Å²) in [5.41, 5.74) is 0.822. The van der Waals surface area contributed by atoms with E-state index in [1.54, 1.807) is 18.2 Å². The molecule has 1 unspecified atom stereocenters.